The van der Waals surface area contributed by atoms with Gasteiger partial charge < -0.3 is 0 Å². The quantitative estimate of drug-likeness (QED) is 0.211. The van der Waals surface area contributed by atoms with Crippen molar-refractivity contribution < 1.29 is 0 Å². The molecule has 0 saturated heterocycles. The van der Waals surface area contributed by atoms with E-state index in [9.17, 15) is 0 Å². The molecule has 0 aliphatic carbocycles. The van der Waals surface area contributed by atoms with E-state index in [1.165, 1.54) is 54.6 Å². The first-order valence-corrected chi connectivity index (χ1v) is 15.5. The Kier molecular flexibility index (Phi) is 6.62. The number of hydrogen-bond donors (Lipinski definition) is 0. The minimum absolute atomic E-state index is 0.0982. The summed E-state index contributed by atoms with van der Waals surface area (Å²) in [4.78, 5) is 9.74. The first kappa shape index (κ1) is 28.0. The van der Waals surface area contributed by atoms with Crippen molar-refractivity contribution in [3.63, 3.8) is 0 Å². The summed E-state index contributed by atoms with van der Waals surface area (Å²) in [5.41, 5.74) is 9.52. The van der Waals surface area contributed by atoms with Crippen LogP contribution in [0.1, 0.15) is 52.7 Å². The minimum atomic E-state index is 0.0982. The maximum Gasteiger partial charge on any atom is 0.0780 e. The average molecular weight is 571 g/mol. The molecule has 0 spiro atoms. The second-order valence-electron chi connectivity index (χ2n) is 14.0. The molecule has 2 heterocycles. The van der Waals surface area contributed by atoms with Gasteiger partial charge in [-0.2, -0.15) is 0 Å². The molecule has 2 nitrogen and oxygen atoms in total. The predicted molar refractivity (Wildman–Crippen MR) is 188 cm³/mol. The van der Waals surface area contributed by atoms with Crippen LogP contribution in [0.15, 0.2) is 122 Å². The van der Waals surface area contributed by atoms with Crippen molar-refractivity contribution in [1.29, 1.82) is 0 Å². The van der Waals surface area contributed by atoms with Gasteiger partial charge in [-0.05, 0) is 78.9 Å². The molecule has 2 heteroatoms. The summed E-state index contributed by atoms with van der Waals surface area (Å²) in [6, 6.07) is 39.9. The van der Waals surface area contributed by atoms with Crippen molar-refractivity contribution in [2.24, 2.45) is 0 Å². The van der Waals surface area contributed by atoms with Crippen LogP contribution in [0.4, 0.5) is 0 Å². The summed E-state index contributed by atoms with van der Waals surface area (Å²) < 4.78 is 0. The van der Waals surface area contributed by atoms with Crippen LogP contribution in [0.3, 0.4) is 0 Å². The van der Waals surface area contributed by atoms with E-state index in [1.54, 1.807) is 0 Å². The monoisotopic (exact) mass is 570 g/mol. The van der Waals surface area contributed by atoms with Gasteiger partial charge >= 0.3 is 0 Å². The Balaban J connectivity index is 1.34. The number of nitrogens with zero attached hydrogens (tertiary/aromatic N) is 2. The summed E-state index contributed by atoms with van der Waals surface area (Å²) in [7, 11) is 0. The van der Waals surface area contributed by atoms with E-state index in [1.807, 2.05) is 12.4 Å². The number of benzene rings is 5. The van der Waals surface area contributed by atoms with E-state index in [-0.39, 0.29) is 10.8 Å². The van der Waals surface area contributed by atoms with Gasteiger partial charge in [0.1, 0.15) is 0 Å². The SMILES string of the molecule is CC(C)(C)c1ccc2c(-c3cccc(-c4cccc5ccc(-c6nccc7cc(C(C)(C)C)ccc67)cc45)c3)nccc2c1. The van der Waals surface area contributed by atoms with Gasteiger partial charge in [0.05, 0.1) is 11.4 Å². The Morgan fingerprint density at radius 3 is 1.55 bits per heavy atom. The first-order valence-electron chi connectivity index (χ1n) is 15.5. The van der Waals surface area contributed by atoms with Crippen LogP contribution in [0.25, 0.3) is 66.0 Å². The summed E-state index contributed by atoms with van der Waals surface area (Å²) in [5.74, 6) is 0. The lowest BCUT2D eigenvalue weighted by atomic mass is 9.85. The van der Waals surface area contributed by atoms with Gasteiger partial charge in [-0.15, -0.1) is 0 Å². The zero-order valence-corrected chi connectivity index (χ0v) is 26.4. The summed E-state index contributed by atoms with van der Waals surface area (Å²) >= 11 is 0. The number of hydrogen-bond acceptors (Lipinski definition) is 2. The molecule has 216 valence electrons. The normalized spacial score (nSPS) is 12.3. The van der Waals surface area contributed by atoms with E-state index < -0.39 is 0 Å². The lowest BCUT2D eigenvalue weighted by molar-refractivity contribution is 0.591. The smallest absolute Gasteiger partial charge is 0.0780 e. The molecule has 7 rings (SSSR count). The molecule has 7 aromatic rings. The maximum atomic E-state index is 4.87. The third-order valence-electron chi connectivity index (χ3n) is 8.86. The van der Waals surface area contributed by atoms with Crippen LogP contribution in [0, 0.1) is 0 Å². The highest BCUT2D eigenvalue weighted by atomic mass is 14.7. The van der Waals surface area contributed by atoms with Crippen LogP contribution in [-0.4, -0.2) is 9.97 Å². The lowest BCUT2D eigenvalue weighted by Gasteiger charge is -2.20. The maximum absolute atomic E-state index is 4.87. The number of fused-ring (bicyclic) bond motifs is 3. The molecule has 0 bridgehead atoms. The summed E-state index contributed by atoms with van der Waals surface area (Å²) in [6.07, 6.45) is 3.87. The zero-order chi connectivity index (χ0) is 30.6. The molecule has 0 radical (unpaired) electrons. The van der Waals surface area contributed by atoms with E-state index in [0.29, 0.717) is 0 Å². The van der Waals surface area contributed by atoms with Crippen LogP contribution < -0.4 is 0 Å². The molecular formula is C42H38N2. The molecule has 0 N–H and O–H groups in total. The van der Waals surface area contributed by atoms with Crippen LogP contribution >= 0.6 is 0 Å². The zero-order valence-electron chi connectivity index (χ0n) is 26.4. The highest BCUT2D eigenvalue weighted by Gasteiger charge is 2.17. The number of rotatable bonds is 3. The summed E-state index contributed by atoms with van der Waals surface area (Å²) in [6.45, 7) is 13.6. The van der Waals surface area contributed by atoms with Crippen molar-refractivity contribution in [3.8, 4) is 33.6 Å². The fraction of sp³-hybridized carbons (Fsp3) is 0.190. The molecule has 0 fully saturated rings. The molecule has 5 aromatic carbocycles. The fourth-order valence-corrected chi connectivity index (χ4v) is 6.25. The van der Waals surface area contributed by atoms with Gasteiger partial charge in [-0.3, -0.25) is 9.97 Å². The highest BCUT2D eigenvalue weighted by molar-refractivity contribution is 6.03. The molecule has 0 saturated carbocycles. The van der Waals surface area contributed by atoms with Crippen LogP contribution in [0.2, 0.25) is 0 Å². The molecule has 0 unspecified atom stereocenters. The van der Waals surface area contributed by atoms with Gasteiger partial charge in [-0.1, -0.05) is 126 Å². The van der Waals surface area contributed by atoms with Gasteiger partial charge in [-0.25, -0.2) is 0 Å². The summed E-state index contributed by atoms with van der Waals surface area (Å²) in [5, 5.41) is 7.23. The largest absolute Gasteiger partial charge is 0.256 e. The standard InChI is InChI=1S/C42H38N2/c1-41(2,3)33-15-17-36-29(24-33)19-21-43-39(36)31-11-7-10-28(23-31)35-12-8-9-27-13-14-32(26-38(27)35)40-37-18-16-34(42(4,5)6)25-30(37)20-22-44-40/h7-26H,1-6H3. The Bertz CT molecular complexity index is 2190. The van der Waals surface area contributed by atoms with Gasteiger partial charge in [0.15, 0.2) is 0 Å². The predicted octanol–water partition coefficient (Wildman–Crippen LogP) is 11.5. The van der Waals surface area contributed by atoms with E-state index in [2.05, 4.69) is 151 Å². The molecule has 0 aliphatic heterocycles. The highest BCUT2D eigenvalue weighted by Crippen LogP contribution is 2.37. The molecule has 0 aliphatic rings. The van der Waals surface area contributed by atoms with Crippen LogP contribution in [0.5, 0.6) is 0 Å². The third-order valence-corrected chi connectivity index (χ3v) is 8.86. The molecular weight excluding hydrogens is 532 g/mol. The van der Waals surface area contributed by atoms with Crippen molar-refractivity contribution in [1.82, 2.24) is 9.97 Å². The molecule has 44 heavy (non-hydrogen) atoms. The van der Waals surface area contributed by atoms with E-state index >= 15 is 0 Å². The second-order valence-corrected chi connectivity index (χ2v) is 14.0. The number of pyridine rings is 2. The van der Waals surface area contributed by atoms with Gasteiger partial charge in [0.2, 0.25) is 0 Å². The molecule has 0 atom stereocenters. The molecule has 0 amide bonds. The topological polar surface area (TPSA) is 25.8 Å². The molecule has 2 aromatic heterocycles. The third kappa shape index (κ3) is 5.05. The van der Waals surface area contributed by atoms with Gasteiger partial charge in [0, 0.05) is 34.3 Å². The first-order chi connectivity index (χ1) is 21.1. The van der Waals surface area contributed by atoms with E-state index in [4.69, 9.17) is 9.97 Å². The van der Waals surface area contributed by atoms with Crippen molar-refractivity contribution >= 4 is 32.3 Å². The Hall–Kier alpha value is -4.82. The van der Waals surface area contributed by atoms with Crippen LogP contribution in [-0.2, 0) is 10.8 Å². The lowest BCUT2D eigenvalue weighted by Crippen LogP contribution is -2.10. The average Bonchev–Trinajstić information content (AvgIpc) is 3.02. The minimum Gasteiger partial charge on any atom is -0.256 e. The Morgan fingerprint density at radius 2 is 0.955 bits per heavy atom. The fourth-order valence-electron chi connectivity index (χ4n) is 6.25. The van der Waals surface area contributed by atoms with Gasteiger partial charge in [0.25, 0.3) is 0 Å². The number of aromatic nitrogens is 2. The van der Waals surface area contributed by atoms with Crippen molar-refractivity contribution in [3.05, 3.63) is 133 Å². The second kappa shape index (κ2) is 10.4. The Morgan fingerprint density at radius 1 is 0.409 bits per heavy atom. The van der Waals surface area contributed by atoms with Crippen molar-refractivity contribution in [2.75, 3.05) is 0 Å². The Labute approximate surface area is 260 Å². The van der Waals surface area contributed by atoms with Crippen molar-refractivity contribution in [2.45, 2.75) is 52.4 Å². The van der Waals surface area contributed by atoms with E-state index in [0.717, 1.165) is 22.5 Å².